The lowest BCUT2D eigenvalue weighted by Crippen LogP contribution is -2.57. The number of Topliss-reactive ketones (excluding diaryl/α,β-unsaturated/α-hetero) is 1. The predicted octanol–water partition coefficient (Wildman–Crippen LogP) is 9.70. The maximum atomic E-state index is 14.2. The molecule has 0 radical (unpaired) electrons. The van der Waals surface area contributed by atoms with Gasteiger partial charge in [0.1, 0.15) is 18.4 Å². The van der Waals surface area contributed by atoms with Crippen molar-refractivity contribution in [3.05, 3.63) is 70.4 Å². The van der Waals surface area contributed by atoms with Crippen molar-refractivity contribution in [2.24, 2.45) is 46.3 Å². The number of rotatable bonds is 16. The molecule has 2 saturated carbocycles. The summed E-state index contributed by atoms with van der Waals surface area (Å²) in [5.74, 6) is 3.21. The van der Waals surface area contributed by atoms with E-state index >= 15 is 0 Å². The number of amides is 2. The van der Waals surface area contributed by atoms with E-state index in [0.717, 1.165) is 55.2 Å². The van der Waals surface area contributed by atoms with Crippen molar-refractivity contribution >= 4 is 28.9 Å². The van der Waals surface area contributed by atoms with Gasteiger partial charge < -0.3 is 25.2 Å². The summed E-state index contributed by atoms with van der Waals surface area (Å²) in [6.07, 6.45) is 9.67. The van der Waals surface area contributed by atoms with Gasteiger partial charge in [-0.2, -0.15) is 0 Å². The lowest BCUT2D eigenvalue weighted by Gasteiger charge is -2.53. The molecule has 3 N–H and O–H groups in total. The van der Waals surface area contributed by atoms with Crippen LogP contribution in [0.15, 0.2) is 48.0 Å². The van der Waals surface area contributed by atoms with Crippen LogP contribution < -0.4 is 5.32 Å². The molecule has 11 unspecified atom stereocenters. The number of aliphatic hydroxyl groups is 1. The van der Waals surface area contributed by atoms with E-state index in [-0.39, 0.29) is 49.0 Å². The number of ketones is 1. The highest BCUT2D eigenvalue weighted by molar-refractivity contribution is 7.13. The van der Waals surface area contributed by atoms with Crippen molar-refractivity contribution in [1.29, 1.82) is 0 Å². The third-order valence-corrected chi connectivity index (χ3v) is 17.0. The minimum absolute atomic E-state index is 0.0472. The summed E-state index contributed by atoms with van der Waals surface area (Å²) in [5, 5.41) is 24.1. The number of nitrogens with zero attached hydrogens (tertiary/aromatic N) is 2. The van der Waals surface area contributed by atoms with Crippen molar-refractivity contribution < 1.29 is 29.3 Å². The summed E-state index contributed by atoms with van der Waals surface area (Å²) < 4.78 is 5.93. The number of likely N-dealkylation sites (tertiary alicyclic amines) is 1. The summed E-state index contributed by atoms with van der Waals surface area (Å²) in [6, 6.07) is 13.0. The lowest BCUT2D eigenvalue weighted by molar-refractivity contribution is -0.144. The molecular weight excluding hydrogens is 795 g/mol. The number of hydrogen-bond donors (Lipinski definition) is 3. The summed E-state index contributed by atoms with van der Waals surface area (Å²) in [7, 11) is 0. The summed E-state index contributed by atoms with van der Waals surface area (Å²) in [4.78, 5) is 48.6. The minimum Gasteiger partial charge on any atom is -0.508 e. The molecule has 338 valence electrons. The van der Waals surface area contributed by atoms with Crippen LogP contribution in [0.1, 0.15) is 135 Å². The molecule has 11 atom stereocenters. The highest BCUT2D eigenvalue weighted by atomic mass is 32.1. The van der Waals surface area contributed by atoms with Crippen molar-refractivity contribution in [2.45, 2.75) is 150 Å². The van der Waals surface area contributed by atoms with Crippen LogP contribution in [0.3, 0.4) is 0 Å². The number of benzene rings is 2. The van der Waals surface area contributed by atoms with E-state index in [9.17, 15) is 24.6 Å². The first-order valence-electron chi connectivity index (χ1n) is 23.6. The number of hydrogen-bond acceptors (Lipinski definition) is 8. The second-order valence-corrected chi connectivity index (χ2v) is 22.1. The van der Waals surface area contributed by atoms with Crippen LogP contribution in [0.5, 0.6) is 5.75 Å². The highest BCUT2D eigenvalue weighted by Crippen LogP contribution is 2.64. The maximum absolute atomic E-state index is 14.2. The van der Waals surface area contributed by atoms with Crippen LogP contribution in [0, 0.1) is 53.3 Å². The molecule has 10 heteroatoms. The number of aliphatic hydroxyl groups excluding tert-OH is 1. The van der Waals surface area contributed by atoms with E-state index in [2.05, 4.69) is 68.3 Å². The molecule has 1 aromatic heterocycles. The quantitative estimate of drug-likeness (QED) is 0.122. The molecule has 2 amide bonds. The van der Waals surface area contributed by atoms with Crippen LogP contribution in [-0.4, -0.2) is 75.6 Å². The van der Waals surface area contributed by atoms with Crippen LogP contribution in [-0.2, 0) is 32.0 Å². The number of nitrogens with one attached hydrogen (secondary N) is 1. The zero-order valence-electron chi connectivity index (χ0n) is 38.6. The Labute approximate surface area is 374 Å². The maximum Gasteiger partial charge on any atom is 0.246 e. The molecule has 0 spiro atoms. The molecule has 3 fully saturated rings. The van der Waals surface area contributed by atoms with E-state index < -0.39 is 23.6 Å². The number of ether oxygens (including phenoxy) is 1. The standard InChI is InChI=1S/C52H73N3O6S/c1-31(23-35-13-15-36(16-14-35)48-34(4)53-30-62-48)32(2)24-45(58)44-27-40(57)28-55(44)50(60)49(51(5,6)7)54-46(59)29-61-22-10-9-11-37-25-38-26-39(56)17-18-41(38)42-20-21-52(8)33(3)12-19-43(52)47(37)42/h13-18,26,30-33,37,40,42-44,47,49,56-57H,9-12,19-25,27-29H2,1-8H3,(H,54,59). The Morgan fingerprint density at radius 3 is 2.52 bits per heavy atom. The monoisotopic (exact) mass is 868 g/mol. The van der Waals surface area contributed by atoms with Crippen molar-refractivity contribution in [3.63, 3.8) is 0 Å². The third kappa shape index (κ3) is 10.0. The molecule has 1 aliphatic heterocycles. The second kappa shape index (κ2) is 19.2. The SMILES string of the molecule is Cc1ncsc1-c1ccc(CC(C)C(C)CC(=O)C2CC(O)CN2C(=O)C(NC(=O)COCCCCC2Cc3cc(O)ccc3C3CCC4(C)C(C)CCC4C23)C(C)(C)C)cc1. The molecule has 0 bridgehead atoms. The van der Waals surface area contributed by atoms with Gasteiger partial charge in [0.2, 0.25) is 11.8 Å². The van der Waals surface area contributed by atoms with Gasteiger partial charge in [-0.3, -0.25) is 14.4 Å². The first-order valence-corrected chi connectivity index (χ1v) is 24.5. The number of carbonyl (C=O) groups is 3. The van der Waals surface area contributed by atoms with Gasteiger partial charge in [-0.15, -0.1) is 11.3 Å². The van der Waals surface area contributed by atoms with Gasteiger partial charge in [0.05, 0.1) is 28.2 Å². The molecule has 2 heterocycles. The van der Waals surface area contributed by atoms with Gasteiger partial charge in [-0.1, -0.05) is 85.2 Å². The third-order valence-electron chi connectivity index (χ3n) is 16.1. The van der Waals surface area contributed by atoms with Crippen LogP contribution in [0.25, 0.3) is 10.4 Å². The van der Waals surface area contributed by atoms with E-state index in [0.29, 0.717) is 41.9 Å². The van der Waals surface area contributed by atoms with Gasteiger partial charge in [0.25, 0.3) is 0 Å². The van der Waals surface area contributed by atoms with E-state index in [1.165, 1.54) is 52.2 Å². The smallest absolute Gasteiger partial charge is 0.246 e. The predicted molar refractivity (Wildman–Crippen MR) is 247 cm³/mol. The van der Waals surface area contributed by atoms with Gasteiger partial charge in [0, 0.05) is 26.0 Å². The fourth-order valence-corrected chi connectivity index (χ4v) is 12.9. The molecule has 9 nitrogen and oxygen atoms in total. The van der Waals surface area contributed by atoms with E-state index in [1.54, 1.807) is 11.3 Å². The average molecular weight is 868 g/mol. The topological polar surface area (TPSA) is 129 Å². The highest BCUT2D eigenvalue weighted by Gasteiger charge is 2.55. The number of aromatic nitrogens is 1. The second-order valence-electron chi connectivity index (χ2n) is 21.3. The summed E-state index contributed by atoms with van der Waals surface area (Å²) >= 11 is 1.64. The van der Waals surface area contributed by atoms with Crippen LogP contribution in [0.2, 0.25) is 0 Å². The fraction of sp³-hybridized carbons (Fsp3) is 0.654. The Morgan fingerprint density at radius 1 is 1.05 bits per heavy atom. The number of unbranched alkanes of at least 4 members (excludes halogenated alkanes) is 1. The molecule has 7 rings (SSSR count). The van der Waals surface area contributed by atoms with Crippen LogP contribution in [0.4, 0.5) is 0 Å². The number of phenolic OH excluding ortho intramolecular Hbond substituents is 1. The molecule has 1 saturated heterocycles. The number of carbonyl (C=O) groups excluding carboxylic acids is 3. The Balaban J connectivity index is 0.887. The summed E-state index contributed by atoms with van der Waals surface area (Å²) in [5.41, 5.74) is 7.83. The van der Waals surface area contributed by atoms with Crippen molar-refractivity contribution in [3.8, 4) is 16.2 Å². The largest absolute Gasteiger partial charge is 0.508 e. The van der Waals surface area contributed by atoms with Gasteiger partial charge in [0.15, 0.2) is 5.78 Å². The number of fused-ring (bicyclic) bond motifs is 5. The first-order chi connectivity index (χ1) is 29.4. The Kier molecular flexibility index (Phi) is 14.4. The lowest BCUT2D eigenvalue weighted by atomic mass is 9.51. The number of β-amino-alcohol motifs (C(OH)–C–C–N with tert-alkyl or cyclic N) is 1. The summed E-state index contributed by atoms with van der Waals surface area (Å²) in [6.45, 7) is 17.4. The van der Waals surface area contributed by atoms with Crippen LogP contribution >= 0.6 is 11.3 Å². The Morgan fingerprint density at radius 2 is 1.81 bits per heavy atom. The van der Waals surface area contributed by atoms with E-state index in [1.807, 2.05) is 45.3 Å². The van der Waals surface area contributed by atoms with Crippen molar-refractivity contribution in [2.75, 3.05) is 19.8 Å². The van der Waals surface area contributed by atoms with E-state index in [4.69, 9.17) is 4.74 Å². The Bertz CT molecular complexity index is 2040. The molecule has 62 heavy (non-hydrogen) atoms. The fourth-order valence-electron chi connectivity index (χ4n) is 12.1. The molecule has 4 aliphatic rings. The zero-order valence-corrected chi connectivity index (χ0v) is 39.4. The molecule has 2 aromatic carbocycles. The van der Waals surface area contributed by atoms with Gasteiger partial charge in [-0.05, 0) is 145 Å². The average Bonchev–Trinajstić information content (AvgIpc) is 3.93. The molecule has 3 aromatic rings. The molecule has 3 aliphatic carbocycles. The Hall–Kier alpha value is -3.60. The van der Waals surface area contributed by atoms with Gasteiger partial charge in [-0.25, -0.2) is 4.98 Å². The minimum atomic E-state index is -0.881. The number of aromatic hydroxyl groups is 1. The molecular formula is C52H73N3O6S. The zero-order chi connectivity index (χ0) is 44.5. The number of aryl methyl sites for hydroxylation is 1. The number of phenols is 1. The van der Waals surface area contributed by atoms with Gasteiger partial charge >= 0.3 is 0 Å². The number of thiazole rings is 1. The normalized spacial score (nSPS) is 28.4. The first kappa shape index (κ1) is 46.4. The van der Waals surface area contributed by atoms with Crippen molar-refractivity contribution in [1.82, 2.24) is 15.2 Å².